The fourth-order valence-electron chi connectivity index (χ4n) is 3.62. The topological polar surface area (TPSA) is 23.6 Å². The molecule has 3 nitrogen and oxygen atoms in total. The summed E-state index contributed by atoms with van der Waals surface area (Å²) in [4.78, 5) is 17.0. The van der Waals surface area contributed by atoms with Crippen LogP contribution < -0.4 is 0 Å². The number of hydrogen-bond acceptors (Lipinski definition) is 2. The Morgan fingerprint density at radius 3 is 2.57 bits per heavy atom. The van der Waals surface area contributed by atoms with Crippen LogP contribution in [0.25, 0.3) is 0 Å². The highest BCUT2D eigenvalue weighted by Gasteiger charge is 2.25. The van der Waals surface area contributed by atoms with Crippen molar-refractivity contribution in [1.29, 1.82) is 0 Å². The SMILES string of the molecule is O=C(CCN1CCCC1)N1CCC[C@H](c2ccccc2)C1. The molecule has 21 heavy (non-hydrogen) atoms. The van der Waals surface area contributed by atoms with Gasteiger partial charge in [0.15, 0.2) is 0 Å². The van der Waals surface area contributed by atoms with Crippen molar-refractivity contribution in [2.75, 3.05) is 32.7 Å². The standard InChI is InChI=1S/C18H26N2O/c21-18(10-14-19-11-4-5-12-19)20-13-6-9-17(15-20)16-7-2-1-3-8-16/h1-3,7-8,17H,4-6,9-15H2/t17-/m0/s1. The van der Waals surface area contributed by atoms with Gasteiger partial charge in [0.2, 0.25) is 5.91 Å². The van der Waals surface area contributed by atoms with Crippen molar-refractivity contribution in [3.8, 4) is 0 Å². The molecule has 1 aromatic carbocycles. The largest absolute Gasteiger partial charge is 0.342 e. The van der Waals surface area contributed by atoms with E-state index in [1.54, 1.807) is 0 Å². The summed E-state index contributed by atoms with van der Waals surface area (Å²) in [6, 6.07) is 10.7. The third-order valence-corrected chi connectivity index (χ3v) is 4.89. The normalized spacial score (nSPS) is 23.4. The summed E-state index contributed by atoms with van der Waals surface area (Å²) in [5.74, 6) is 0.873. The van der Waals surface area contributed by atoms with Crippen molar-refractivity contribution in [3.05, 3.63) is 35.9 Å². The second-order valence-electron chi connectivity index (χ2n) is 6.39. The van der Waals surface area contributed by atoms with Crippen LogP contribution in [0.3, 0.4) is 0 Å². The Labute approximate surface area is 127 Å². The van der Waals surface area contributed by atoms with E-state index in [1.165, 1.54) is 37.9 Å². The minimum absolute atomic E-state index is 0.350. The van der Waals surface area contributed by atoms with E-state index in [0.717, 1.165) is 26.1 Å². The van der Waals surface area contributed by atoms with Gasteiger partial charge in [0.05, 0.1) is 0 Å². The summed E-state index contributed by atoms with van der Waals surface area (Å²) in [7, 11) is 0. The minimum Gasteiger partial charge on any atom is -0.342 e. The summed E-state index contributed by atoms with van der Waals surface area (Å²) >= 11 is 0. The molecular weight excluding hydrogens is 260 g/mol. The molecule has 0 aromatic heterocycles. The van der Waals surface area contributed by atoms with E-state index in [4.69, 9.17) is 0 Å². The number of amides is 1. The maximum absolute atomic E-state index is 12.4. The van der Waals surface area contributed by atoms with Gasteiger partial charge in [-0.1, -0.05) is 30.3 Å². The van der Waals surface area contributed by atoms with Gasteiger partial charge in [0.1, 0.15) is 0 Å². The lowest BCUT2D eigenvalue weighted by molar-refractivity contribution is -0.132. The lowest BCUT2D eigenvalue weighted by Crippen LogP contribution is -2.40. The van der Waals surface area contributed by atoms with Crippen LogP contribution in [0.5, 0.6) is 0 Å². The van der Waals surface area contributed by atoms with Crippen LogP contribution in [-0.2, 0) is 4.79 Å². The van der Waals surface area contributed by atoms with E-state index in [1.807, 2.05) is 0 Å². The number of carbonyl (C=O) groups excluding carboxylic acids is 1. The molecule has 1 atom stereocenters. The van der Waals surface area contributed by atoms with E-state index in [2.05, 4.69) is 40.1 Å². The summed E-state index contributed by atoms with van der Waals surface area (Å²) in [5.41, 5.74) is 1.38. The van der Waals surface area contributed by atoms with Crippen LogP contribution in [-0.4, -0.2) is 48.4 Å². The first-order chi connectivity index (χ1) is 10.3. The van der Waals surface area contributed by atoms with Crippen molar-refractivity contribution in [1.82, 2.24) is 9.80 Å². The van der Waals surface area contributed by atoms with Gasteiger partial charge < -0.3 is 9.80 Å². The number of hydrogen-bond donors (Lipinski definition) is 0. The number of carbonyl (C=O) groups is 1. The molecule has 114 valence electrons. The number of benzene rings is 1. The first-order valence-electron chi connectivity index (χ1n) is 8.38. The molecule has 1 amide bonds. The minimum atomic E-state index is 0.350. The molecule has 1 aromatic rings. The van der Waals surface area contributed by atoms with Crippen LogP contribution in [0.15, 0.2) is 30.3 Å². The molecule has 0 spiro atoms. The summed E-state index contributed by atoms with van der Waals surface area (Å²) < 4.78 is 0. The van der Waals surface area contributed by atoms with Crippen molar-refractivity contribution in [2.45, 2.75) is 38.0 Å². The van der Waals surface area contributed by atoms with Crippen LogP contribution in [0.4, 0.5) is 0 Å². The van der Waals surface area contributed by atoms with Crippen molar-refractivity contribution < 1.29 is 4.79 Å². The molecule has 0 aliphatic carbocycles. The fraction of sp³-hybridized carbons (Fsp3) is 0.611. The van der Waals surface area contributed by atoms with E-state index in [9.17, 15) is 4.79 Å². The van der Waals surface area contributed by atoms with Crippen LogP contribution >= 0.6 is 0 Å². The van der Waals surface area contributed by atoms with Crippen LogP contribution in [0.1, 0.15) is 43.6 Å². The molecule has 0 bridgehead atoms. The van der Waals surface area contributed by atoms with Gasteiger partial charge in [-0.2, -0.15) is 0 Å². The maximum Gasteiger partial charge on any atom is 0.223 e. The molecule has 2 aliphatic rings. The second-order valence-corrected chi connectivity index (χ2v) is 6.39. The highest BCUT2D eigenvalue weighted by Crippen LogP contribution is 2.27. The quantitative estimate of drug-likeness (QED) is 0.849. The number of rotatable bonds is 4. The zero-order valence-corrected chi connectivity index (χ0v) is 12.8. The number of likely N-dealkylation sites (tertiary alicyclic amines) is 2. The molecule has 3 heteroatoms. The van der Waals surface area contributed by atoms with Gasteiger partial charge in [-0.15, -0.1) is 0 Å². The summed E-state index contributed by atoms with van der Waals surface area (Å²) in [6.07, 6.45) is 5.64. The third-order valence-electron chi connectivity index (χ3n) is 4.89. The first-order valence-corrected chi connectivity index (χ1v) is 8.38. The third kappa shape index (κ3) is 3.85. The van der Waals surface area contributed by atoms with Gasteiger partial charge in [-0.25, -0.2) is 0 Å². The number of piperidine rings is 1. The summed E-state index contributed by atoms with van der Waals surface area (Å²) in [6.45, 7) is 5.16. The summed E-state index contributed by atoms with van der Waals surface area (Å²) in [5, 5.41) is 0. The van der Waals surface area contributed by atoms with E-state index < -0.39 is 0 Å². The molecule has 3 rings (SSSR count). The van der Waals surface area contributed by atoms with Crippen molar-refractivity contribution in [3.63, 3.8) is 0 Å². The zero-order chi connectivity index (χ0) is 14.5. The first kappa shape index (κ1) is 14.6. The highest BCUT2D eigenvalue weighted by molar-refractivity contribution is 5.76. The molecule has 2 aliphatic heterocycles. The Bertz CT molecular complexity index is 454. The Kier molecular flexibility index (Phi) is 4.91. The molecule has 2 heterocycles. The smallest absolute Gasteiger partial charge is 0.223 e. The average molecular weight is 286 g/mol. The Morgan fingerprint density at radius 1 is 1.05 bits per heavy atom. The fourth-order valence-corrected chi connectivity index (χ4v) is 3.62. The molecular formula is C18H26N2O. The monoisotopic (exact) mass is 286 g/mol. The van der Waals surface area contributed by atoms with E-state index in [-0.39, 0.29) is 0 Å². The molecule has 2 saturated heterocycles. The highest BCUT2D eigenvalue weighted by atomic mass is 16.2. The van der Waals surface area contributed by atoms with Crippen molar-refractivity contribution >= 4 is 5.91 Å². The van der Waals surface area contributed by atoms with E-state index >= 15 is 0 Å². The van der Waals surface area contributed by atoms with Gasteiger partial charge in [0.25, 0.3) is 0 Å². The van der Waals surface area contributed by atoms with Crippen molar-refractivity contribution in [2.24, 2.45) is 0 Å². The second kappa shape index (κ2) is 7.08. The molecule has 0 saturated carbocycles. The van der Waals surface area contributed by atoms with Gasteiger partial charge in [0, 0.05) is 32.0 Å². The Balaban J connectivity index is 1.51. The van der Waals surface area contributed by atoms with Gasteiger partial charge in [-0.3, -0.25) is 4.79 Å². The molecule has 0 N–H and O–H groups in total. The predicted octanol–water partition coefficient (Wildman–Crippen LogP) is 2.88. The Morgan fingerprint density at radius 2 is 1.81 bits per heavy atom. The Hall–Kier alpha value is -1.35. The molecule has 2 fully saturated rings. The van der Waals surface area contributed by atoms with E-state index in [0.29, 0.717) is 18.2 Å². The maximum atomic E-state index is 12.4. The van der Waals surface area contributed by atoms with Crippen LogP contribution in [0, 0.1) is 0 Å². The zero-order valence-electron chi connectivity index (χ0n) is 12.8. The lowest BCUT2D eigenvalue weighted by Gasteiger charge is -2.33. The van der Waals surface area contributed by atoms with Crippen LogP contribution in [0.2, 0.25) is 0 Å². The average Bonchev–Trinajstić information content (AvgIpc) is 3.07. The molecule has 0 radical (unpaired) electrons. The molecule has 0 unspecified atom stereocenters. The van der Waals surface area contributed by atoms with Gasteiger partial charge >= 0.3 is 0 Å². The predicted molar refractivity (Wildman–Crippen MR) is 85.3 cm³/mol. The number of nitrogens with zero attached hydrogens (tertiary/aromatic N) is 2. The lowest BCUT2D eigenvalue weighted by atomic mass is 9.90. The van der Waals surface area contributed by atoms with Gasteiger partial charge in [-0.05, 0) is 44.3 Å².